The second kappa shape index (κ2) is 58.6. The third-order valence-electron chi connectivity index (χ3n) is 15.7. The molecule has 0 heterocycles. The molecule has 0 aromatic carbocycles. The van der Waals surface area contributed by atoms with Gasteiger partial charge < -0.3 is 28.8 Å². The second-order valence-corrected chi connectivity index (χ2v) is 25.9. The average molecular weight is 1090 g/mol. The molecule has 3 unspecified atom stereocenters. The Morgan fingerprint density at radius 1 is 0.461 bits per heavy atom. The maximum absolute atomic E-state index is 13.0. The number of rotatable bonds is 63. The largest absolute Gasteiger partial charge is 0.756 e. The fourth-order valence-electron chi connectivity index (χ4n) is 10.4. The SMILES string of the molecule is CCCCCCC/C=C\C/C=C\CCCCCCCCCCCCCCCCCCCCCCCC(=O)NC(COP(=O)([O-])OCC[N+](C)(C)C)C(O)CCCCCCCCCCCCCCCCCCCCCCC. The Morgan fingerprint density at radius 2 is 0.763 bits per heavy atom. The van der Waals surface area contributed by atoms with E-state index in [0.29, 0.717) is 23.9 Å². The summed E-state index contributed by atoms with van der Waals surface area (Å²) < 4.78 is 23.5. The number of hydrogen-bond donors (Lipinski definition) is 2. The first-order chi connectivity index (χ1) is 37.0. The summed E-state index contributed by atoms with van der Waals surface area (Å²) in [7, 11) is 1.32. The maximum Gasteiger partial charge on any atom is 0.268 e. The third-order valence-corrected chi connectivity index (χ3v) is 16.7. The minimum absolute atomic E-state index is 0.0151. The van der Waals surface area contributed by atoms with Crippen LogP contribution in [0.4, 0.5) is 0 Å². The molecule has 0 saturated carbocycles. The molecule has 0 fully saturated rings. The van der Waals surface area contributed by atoms with Crippen molar-refractivity contribution in [3.05, 3.63) is 24.3 Å². The van der Waals surface area contributed by atoms with Crippen LogP contribution in [0, 0.1) is 0 Å². The number of allylic oxidation sites excluding steroid dienone is 4. The number of hydrogen-bond acceptors (Lipinski definition) is 6. The predicted octanol–water partition coefficient (Wildman–Crippen LogP) is 20.5. The summed E-state index contributed by atoms with van der Waals surface area (Å²) in [5.74, 6) is -0.157. The van der Waals surface area contributed by atoms with Gasteiger partial charge >= 0.3 is 0 Å². The van der Waals surface area contributed by atoms with Gasteiger partial charge in [0.15, 0.2) is 0 Å². The molecule has 0 rings (SSSR count). The highest BCUT2D eigenvalue weighted by Crippen LogP contribution is 2.38. The van der Waals surface area contributed by atoms with Gasteiger partial charge in [0.25, 0.3) is 7.82 Å². The van der Waals surface area contributed by atoms with E-state index in [1.165, 1.54) is 276 Å². The number of aliphatic hydroxyl groups is 1. The molecule has 0 aromatic heterocycles. The number of carbonyl (C=O) groups excluding carboxylic acids is 1. The third kappa shape index (κ3) is 60.6. The molecule has 3 atom stereocenters. The molecule has 2 N–H and O–H groups in total. The van der Waals surface area contributed by atoms with E-state index in [1.807, 2.05) is 21.1 Å². The van der Waals surface area contributed by atoms with Crippen LogP contribution >= 0.6 is 7.82 Å². The van der Waals surface area contributed by atoms with Crippen molar-refractivity contribution in [1.29, 1.82) is 0 Å². The minimum atomic E-state index is -4.57. The molecule has 76 heavy (non-hydrogen) atoms. The Kier molecular flexibility index (Phi) is 57.8. The van der Waals surface area contributed by atoms with Gasteiger partial charge in [0.2, 0.25) is 5.91 Å². The lowest BCUT2D eigenvalue weighted by molar-refractivity contribution is -0.870. The molecule has 452 valence electrons. The second-order valence-electron chi connectivity index (χ2n) is 24.5. The van der Waals surface area contributed by atoms with Gasteiger partial charge in [-0.1, -0.05) is 321 Å². The number of amides is 1. The molecule has 0 radical (unpaired) electrons. The van der Waals surface area contributed by atoms with Crippen molar-refractivity contribution in [1.82, 2.24) is 5.32 Å². The number of aliphatic hydroxyl groups excluding tert-OH is 1. The fourth-order valence-corrected chi connectivity index (χ4v) is 11.2. The van der Waals surface area contributed by atoms with Crippen molar-refractivity contribution in [2.45, 2.75) is 360 Å². The molecular formula is C67H133N2O6P. The Labute approximate surface area is 474 Å². The normalized spacial score (nSPS) is 13.8. The predicted molar refractivity (Wildman–Crippen MR) is 330 cm³/mol. The monoisotopic (exact) mass is 1090 g/mol. The topological polar surface area (TPSA) is 108 Å². The number of unbranched alkanes of at least 4 members (excludes halogenated alkanes) is 46. The lowest BCUT2D eigenvalue weighted by atomic mass is 10.0. The number of carbonyl (C=O) groups is 1. The highest BCUT2D eigenvalue weighted by molar-refractivity contribution is 7.45. The first-order valence-corrected chi connectivity index (χ1v) is 35.1. The van der Waals surface area contributed by atoms with Gasteiger partial charge in [0.1, 0.15) is 13.2 Å². The zero-order valence-corrected chi connectivity index (χ0v) is 52.6. The van der Waals surface area contributed by atoms with Gasteiger partial charge in [-0.05, 0) is 44.9 Å². The van der Waals surface area contributed by atoms with Crippen LogP contribution in [-0.2, 0) is 18.4 Å². The van der Waals surface area contributed by atoms with Crippen molar-refractivity contribution in [2.75, 3.05) is 40.9 Å². The van der Waals surface area contributed by atoms with E-state index in [-0.39, 0.29) is 19.1 Å². The lowest BCUT2D eigenvalue weighted by Gasteiger charge is -2.30. The first kappa shape index (κ1) is 75.0. The Balaban J connectivity index is 3.99. The molecule has 0 aliphatic heterocycles. The molecule has 0 aliphatic carbocycles. The summed E-state index contributed by atoms with van der Waals surface area (Å²) in [4.78, 5) is 25.6. The quantitative estimate of drug-likeness (QED) is 0.0272. The van der Waals surface area contributed by atoms with Crippen LogP contribution in [0.2, 0.25) is 0 Å². The summed E-state index contributed by atoms with van der Waals surface area (Å²) in [6.07, 6.45) is 75.3. The molecule has 8 nitrogen and oxygen atoms in total. The molecule has 1 amide bonds. The molecule has 0 aliphatic rings. The van der Waals surface area contributed by atoms with E-state index < -0.39 is 20.0 Å². The maximum atomic E-state index is 13.0. The minimum Gasteiger partial charge on any atom is -0.756 e. The van der Waals surface area contributed by atoms with Crippen molar-refractivity contribution in [3.63, 3.8) is 0 Å². The number of phosphoric ester groups is 1. The van der Waals surface area contributed by atoms with E-state index in [2.05, 4.69) is 43.5 Å². The molecule has 0 spiro atoms. The van der Waals surface area contributed by atoms with E-state index >= 15 is 0 Å². The number of phosphoric acid groups is 1. The van der Waals surface area contributed by atoms with Gasteiger partial charge in [0, 0.05) is 6.42 Å². The Bertz CT molecular complexity index is 1290. The van der Waals surface area contributed by atoms with Crippen LogP contribution in [0.3, 0.4) is 0 Å². The van der Waals surface area contributed by atoms with Crippen molar-refractivity contribution in [3.8, 4) is 0 Å². The van der Waals surface area contributed by atoms with E-state index in [0.717, 1.165) is 44.9 Å². The van der Waals surface area contributed by atoms with Crippen LogP contribution in [0.25, 0.3) is 0 Å². The molecular weight excluding hydrogens is 960 g/mol. The van der Waals surface area contributed by atoms with Crippen molar-refractivity contribution >= 4 is 13.7 Å². The Morgan fingerprint density at radius 3 is 1.09 bits per heavy atom. The highest BCUT2D eigenvalue weighted by atomic mass is 31.2. The number of nitrogens with zero attached hydrogens (tertiary/aromatic N) is 1. The number of likely N-dealkylation sites (N-methyl/N-ethyl adjacent to an activating group) is 1. The zero-order chi connectivity index (χ0) is 55.6. The number of quaternary nitrogens is 1. The molecule has 0 bridgehead atoms. The standard InChI is InChI=1S/C67H133N2O6P/c1-6-8-10-12-14-16-18-20-22-24-26-28-29-30-31-32-33-34-35-36-37-38-39-41-43-45-47-49-51-53-55-57-59-61-67(71)68-65(64-75-76(72,73)74-63-62-69(3,4)5)66(70)60-58-56-54-52-50-48-46-44-42-40-27-25-23-21-19-17-15-13-11-9-7-2/h18,20,24,26,65-66,70H,6-17,19,21-23,25,27-64H2,1-5H3,(H-,68,71,72,73)/b20-18-,26-24-. The van der Waals surface area contributed by atoms with Gasteiger partial charge in [-0.3, -0.25) is 9.36 Å². The van der Waals surface area contributed by atoms with Gasteiger partial charge in [-0.2, -0.15) is 0 Å². The summed E-state index contributed by atoms with van der Waals surface area (Å²) in [5, 5.41) is 14.1. The van der Waals surface area contributed by atoms with E-state index in [4.69, 9.17) is 9.05 Å². The fraction of sp³-hybridized carbons (Fsp3) is 0.925. The Hall–Kier alpha value is -1.02. The highest BCUT2D eigenvalue weighted by Gasteiger charge is 2.24. The molecule has 0 saturated heterocycles. The summed E-state index contributed by atoms with van der Waals surface area (Å²) >= 11 is 0. The zero-order valence-electron chi connectivity index (χ0n) is 51.7. The van der Waals surface area contributed by atoms with E-state index in [1.54, 1.807) is 0 Å². The average Bonchev–Trinajstić information content (AvgIpc) is 3.38. The van der Waals surface area contributed by atoms with Gasteiger partial charge in [-0.15, -0.1) is 0 Å². The van der Waals surface area contributed by atoms with Gasteiger partial charge in [-0.25, -0.2) is 0 Å². The molecule has 9 heteroatoms. The number of nitrogens with one attached hydrogen (secondary N) is 1. The smallest absolute Gasteiger partial charge is 0.268 e. The van der Waals surface area contributed by atoms with Crippen LogP contribution in [0.5, 0.6) is 0 Å². The van der Waals surface area contributed by atoms with Crippen LogP contribution < -0.4 is 10.2 Å². The summed E-state index contributed by atoms with van der Waals surface area (Å²) in [6.45, 7) is 4.77. The lowest BCUT2D eigenvalue weighted by Crippen LogP contribution is -2.46. The summed E-state index contributed by atoms with van der Waals surface area (Å²) in [6, 6.07) is -0.799. The first-order valence-electron chi connectivity index (χ1n) is 33.7. The van der Waals surface area contributed by atoms with Gasteiger partial charge in [0.05, 0.1) is 39.9 Å². The van der Waals surface area contributed by atoms with Crippen molar-refractivity contribution in [2.24, 2.45) is 0 Å². The van der Waals surface area contributed by atoms with Crippen LogP contribution in [0.15, 0.2) is 24.3 Å². The van der Waals surface area contributed by atoms with Crippen molar-refractivity contribution < 1.29 is 32.9 Å². The van der Waals surface area contributed by atoms with E-state index in [9.17, 15) is 19.4 Å². The summed E-state index contributed by atoms with van der Waals surface area (Å²) in [5.41, 5.74) is 0. The van der Waals surface area contributed by atoms with Crippen LogP contribution in [-0.4, -0.2) is 68.5 Å². The van der Waals surface area contributed by atoms with Crippen LogP contribution in [0.1, 0.15) is 348 Å². The molecule has 0 aromatic rings.